The molecule has 2 unspecified atom stereocenters. The smallest absolute Gasteiger partial charge is 0.463 e. The topological polar surface area (TPSA) is 131 Å². The van der Waals surface area contributed by atoms with E-state index in [1.54, 1.807) is 0 Å². The molecular weight excluding hydrogens is 593 g/mol. The van der Waals surface area contributed by atoms with Crippen molar-refractivity contribution in [1.82, 2.24) is 5.32 Å². The van der Waals surface area contributed by atoms with Gasteiger partial charge in [-0.2, -0.15) is 0 Å². The lowest BCUT2D eigenvalue weighted by molar-refractivity contribution is -0.147. The predicted octanol–water partition coefficient (Wildman–Crippen LogP) is 7.75. The van der Waals surface area contributed by atoms with Gasteiger partial charge < -0.3 is 20.1 Å². The molecule has 0 heterocycles. The van der Waals surface area contributed by atoms with Gasteiger partial charge in [0.15, 0.2) is 0 Å². The van der Waals surface area contributed by atoms with Crippen LogP contribution in [0.2, 0.25) is 0 Å². The first-order valence-corrected chi connectivity index (χ1v) is 17.6. The van der Waals surface area contributed by atoms with E-state index < -0.39 is 26.5 Å². The van der Waals surface area contributed by atoms with Gasteiger partial charge in [-0.05, 0) is 64.2 Å². The van der Waals surface area contributed by atoms with Gasteiger partial charge in [0.25, 0.3) is 0 Å². The Morgan fingerprint density at radius 1 is 0.711 bits per heavy atom. The highest BCUT2D eigenvalue weighted by atomic mass is 31.2. The van der Waals surface area contributed by atoms with Gasteiger partial charge in [0.2, 0.25) is 5.91 Å². The number of hydrogen-bond donors (Lipinski definition) is 3. The Morgan fingerprint density at radius 3 is 1.69 bits per heavy atom. The third kappa shape index (κ3) is 32.4. The largest absolute Gasteiger partial charge is 0.472 e. The molecule has 0 aliphatic heterocycles. The van der Waals surface area contributed by atoms with E-state index in [1.807, 2.05) is 13.0 Å². The van der Waals surface area contributed by atoms with Crippen LogP contribution < -0.4 is 5.32 Å². The molecule has 0 aromatic heterocycles. The summed E-state index contributed by atoms with van der Waals surface area (Å²) in [6.07, 6.45) is 38.2. The van der Waals surface area contributed by atoms with E-state index in [4.69, 9.17) is 13.8 Å². The fourth-order valence-electron chi connectivity index (χ4n) is 3.47. The third-order valence-corrected chi connectivity index (χ3v) is 6.79. The summed E-state index contributed by atoms with van der Waals surface area (Å²) >= 11 is 0. The second-order valence-electron chi connectivity index (χ2n) is 10.0. The number of unbranched alkanes of at least 4 members (excludes halogenated alkanes) is 1. The van der Waals surface area contributed by atoms with Crippen molar-refractivity contribution in [3.05, 3.63) is 85.1 Å². The fourth-order valence-corrected chi connectivity index (χ4v) is 4.23. The van der Waals surface area contributed by atoms with Crippen LogP contribution in [0.25, 0.3) is 0 Å². The number of esters is 1. The molecule has 0 radical (unpaired) electrons. The summed E-state index contributed by atoms with van der Waals surface area (Å²) in [5.74, 6) is -0.644. The summed E-state index contributed by atoms with van der Waals surface area (Å²) in [5.41, 5.74) is 0. The van der Waals surface area contributed by atoms with Crippen LogP contribution in [0, 0.1) is 0 Å². The zero-order valence-electron chi connectivity index (χ0n) is 27.3. The molecule has 1 amide bonds. The van der Waals surface area contributed by atoms with Crippen LogP contribution >= 0.6 is 7.82 Å². The molecule has 0 aromatic rings. The zero-order valence-corrected chi connectivity index (χ0v) is 28.2. The number of aliphatic hydroxyl groups is 1. The van der Waals surface area contributed by atoms with Crippen LogP contribution in [0.1, 0.15) is 90.9 Å². The molecule has 254 valence electrons. The van der Waals surface area contributed by atoms with E-state index in [1.165, 1.54) is 0 Å². The predicted molar refractivity (Wildman–Crippen MR) is 182 cm³/mol. The molecule has 0 aliphatic rings. The number of carbonyl (C=O) groups is 2. The Bertz CT molecular complexity index is 1010. The second-order valence-corrected chi connectivity index (χ2v) is 11.5. The zero-order chi connectivity index (χ0) is 33.3. The molecule has 3 N–H and O–H groups in total. The van der Waals surface area contributed by atoms with E-state index in [9.17, 15) is 24.2 Å². The number of aliphatic hydroxyl groups excluding tert-OH is 1. The van der Waals surface area contributed by atoms with Gasteiger partial charge in [-0.25, -0.2) is 4.57 Å². The molecule has 9 nitrogen and oxygen atoms in total. The number of carbonyl (C=O) groups excluding carboxylic acids is 2. The Morgan fingerprint density at radius 2 is 1.20 bits per heavy atom. The average Bonchev–Trinajstić information content (AvgIpc) is 3.01. The fraction of sp³-hybridized carbons (Fsp3) is 0.543. The normalized spacial score (nSPS) is 14.7. The summed E-state index contributed by atoms with van der Waals surface area (Å²) in [4.78, 5) is 32.8. The van der Waals surface area contributed by atoms with Crippen LogP contribution in [0.3, 0.4) is 0 Å². The van der Waals surface area contributed by atoms with Gasteiger partial charge in [0.1, 0.15) is 12.7 Å². The molecule has 45 heavy (non-hydrogen) atoms. The minimum absolute atomic E-state index is 0.0601. The molecular formula is C35H56NO8P. The van der Waals surface area contributed by atoms with Crippen molar-refractivity contribution in [3.8, 4) is 0 Å². The van der Waals surface area contributed by atoms with E-state index in [0.717, 1.165) is 51.4 Å². The van der Waals surface area contributed by atoms with Gasteiger partial charge >= 0.3 is 13.8 Å². The van der Waals surface area contributed by atoms with Crippen LogP contribution in [0.5, 0.6) is 0 Å². The number of allylic oxidation sites excluding steroid dienone is 14. The maximum Gasteiger partial charge on any atom is 0.472 e. The maximum absolute atomic E-state index is 11.9. The molecule has 2 atom stereocenters. The van der Waals surface area contributed by atoms with Crippen LogP contribution in [-0.2, 0) is 27.9 Å². The minimum Gasteiger partial charge on any atom is -0.463 e. The Kier molecular flexibility index (Phi) is 29.2. The molecule has 0 saturated heterocycles. The lowest BCUT2D eigenvalue weighted by Gasteiger charge is -2.15. The SMILES string of the molecule is CC/C=C\C/C=C\C/C=C\C/C=C\C/C=C\C/C=C\C/C=C\CCCC(=O)OCC(O)COP(=O)(O)OCCNC(=O)CCC. The van der Waals surface area contributed by atoms with Crippen molar-refractivity contribution >= 4 is 19.7 Å². The lowest BCUT2D eigenvalue weighted by Crippen LogP contribution is -2.27. The quantitative estimate of drug-likeness (QED) is 0.0339. The molecule has 10 heteroatoms. The van der Waals surface area contributed by atoms with Crippen molar-refractivity contribution in [1.29, 1.82) is 0 Å². The molecule has 0 fully saturated rings. The Labute approximate surface area is 271 Å². The van der Waals surface area contributed by atoms with Crippen molar-refractivity contribution < 1.29 is 37.9 Å². The van der Waals surface area contributed by atoms with Crippen molar-refractivity contribution in [2.24, 2.45) is 0 Å². The number of nitrogens with one attached hydrogen (secondary N) is 1. The minimum atomic E-state index is -4.40. The highest BCUT2D eigenvalue weighted by Crippen LogP contribution is 2.42. The van der Waals surface area contributed by atoms with E-state index in [-0.39, 0.29) is 32.1 Å². The Hall–Kier alpha value is -2.81. The summed E-state index contributed by atoms with van der Waals surface area (Å²) in [6, 6.07) is 0. The van der Waals surface area contributed by atoms with Crippen LogP contribution in [0.4, 0.5) is 0 Å². The van der Waals surface area contributed by atoms with Gasteiger partial charge in [0, 0.05) is 19.4 Å². The molecule has 0 rings (SSSR count). The first-order valence-electron chi connectivity index (χ1n) is 16.1. The highest BCUT2D eigenvalue weighted by Gasteiger charge is 2.23. The van der Waals surface area contributed by atoms with Crippen molar-refractivity contribution in [2.75, 3.05) is 26.4 Å². The number of hydrogen-bond acceptors (Lipinski definition) is 7. The van der Waals surface area contributed by atoms with Gasteiger partial charge in [-0.15, -0.1) is 0 Å². The molecule has 0 saturated carbocycles. The molecule has 0 aliphatic carbocycles. The third-order valence-electron chi connectivity index (χ3n) is 5.81. The average molecular weight is 650 g/mol. The first kappa shape index (κ1) is 42.2. The Balaban J connectivity index is 3.76. The second kappa shape index (κ2) is 31.2. The van der Waals surface area contributed by atoms with Crippen molar-refractivity contribution in [2.45, 2.75) is 97.0 Å². The summed E-state index contributed by atoms with van der Waals surface area (Å²) in [5, 5.41) is 12.4. The van der Waals surface area contributed by atoms with Crippen LogP contribution in [0.15, 0.2) is 85.1 Å². The number of rotatable bonds is 28. The van der Waals surface area contributed by atoms with Crippen LogP contribution in [-0.4, -0.2) is 54.3 Å². The van der Waals surface area contributed by atoms with E-state index >= 15 is 0 Å². The van der Waals surface area contributed by atoms with Gasteiger partial charge in [-0.1, -0.05) is 98.9 Å². The summed E-state index contributed by atoms with van der Waals surface area (Å²) < 4.78 is 26.2. The summed E-state index contributed by atoms with van der Waals surface area (Å²) in [7, 11) is -4.40. The molecule has 0 aromatic carbocycles. The van der Waals surface area contributed by atoms with Gasteiger partial charge in [0.05, 0.1) is 13.2 Å². The summed E-state index contributed by atoms with van der Waals surface area (Å²) in [6.45, 7) is 2.95. The van der Waals surface area contributed by atoms with Gasteiger partial charge in [-0.3, -0.25) is 18.6 Å². The maximum atomic E-state index is 11.9. The number of ether oxygens (including phenoxy) is 1. The van der Waals surface area contributed by atoms with E-state index in [2.05, 4.69) is 91.2 Å². The number of amides is 1. The standard InChI is InChI=1S/C35H56NO8P/c1-3-5-6-7-8-9-10-11-12-13-14-15-16-17-18-19-20-21-22-23-24-25-26-28-35(39)42-31-33(37)32-44-45(40,41)43-30-29-36-34(38)27-4-2/h5-6,8-9,11-12,14-15,17-18,20-21,23-24,33,37H,3-4,7,10,13,16,19,22,25-32H2,1-2H3,(H,36,38)(H,40,41)/b6-5-,9-8-,12-11-,15-14-,18-17-,21-20-,24-23-. The van der Waals surface area contributed by atoms with E-state index in [0.29, 0.717) is 19.3 Å². The first-order chi connectivity index (χ1) is 21.8. The van der Waals surface area contributed by atoms with Crippen molar-refractivity contribution in [3.63, 3.8) is 0 Å². The number of phosphoric ester groups is 1. The molecule has 0 bridgehead atoms. The highest BCUT2D eigenvalue weighted by molar-refractivity contribution is 7.47. The lowest BCUT2D eigenvalue weighted by atomic mass is 10.2. The number of phosphoric acid groups is 1. The monoisotopic (exact) mass is 649 g/mol. The molecule has 0 spiro atoms.